The van der Waals surface area contributed by atoms with Gasteiger partial charge in [0.2, 0.25) is 0 Å². The molecule has 0 amide bonds. The van der Waals surface area contributed by atoms with Crippen molar-refractivity contribution in [2.24, 2.45) is 0 Å². The van der Waals surface area contributed by atoms with Crippen molar-refractivity contribution >= 4 is 28.5 Å². The van der Waals surface area contributed by atoms with Crippen molar-refractivity contribution in [3.8, 4) is 16.9 Å². The summed E-state index contributed by atoms with van der Waals surface area (Å²) in [6.07, 6.45) is 1.64. The number of benzene rings is 2. The summed E-state index contributed by atoms with van der Waals surface area (Å²) in [5, 5.41) is 3.75. The van der Waals surface area contributed by atoms with Gasteiger partial charge >= 0.3 is 5.69 Å². The van der Waals surface area contributed by atoms with Crippen LogP contribution in [0.4, 0.5) is 5.82 Å². The maximum Gasteiger partial charge on any atom is 0.332 e. The highest BCUT2D eigenvalue weighted by Crippen LogP contribution is 2.31. The molecule has 7 heteroatoms. The molecule has 4 aromatic rings. The molecule has 0 saturated heterocycles. The molecule has 126 valence electrons. The Bertz CT molecular complexity index is 1140. The molecule has 0 saturated carbocycles. The first-order chi connectivity index (χ1) is 12.1. The SMILES string of the molecule is CNc1[nH]c(=O)n(-c2ccc3nc[nH]c3c2)c1-c1ccc(Cl)c(C)c1. The summed E-state index contributed by atoms with van der Waals surface area (Å²) in [7, 11) is 1.78. The van der Waals surface area contributed by atoms with Crippen molar-refractivity contribution in [2.75, 3.05) is 12.4 Å². The second-order valence-electron chi connectivity index (χ2n) is 5.81. The minimum Gasteiger partial charge on any atom is -0.373 e. The normalized spacial score (nSPS) is 11.2. The molecule has 2 aromatic heterocycles. The lowest BCUT2D eigenvalue weighted by Gasteiger charge is -2.11. The van der Waals surface area contributed by atoms with E-state index < -0.39 is 0 Å². The Morgan fingerprint density at radius 2 is 2.04 bits per heavy atom. The van der Waals surface area contributed by atoms with Gasteiger partial charge in [-0.2, -0.15) is 0 Å². The van der Waals surface area contributed by atoms with Gasteiger partial charge in [0.15, 0.2) is 0 Å². The van der Waals surface area contributed by atoms with Gasteiger partial charge in [-0.1, -0.05) is 17.7 Å². The summed E-state index contributed by atoms with van der Waals surface area (Å²) in [5.41, 5.74) is 4.86. The van der Waals surface area contributed by atoms with Gasteiger partial charge < -0.3 is 10.3 Å². The molecule has 0 spiro atoms. The van der Waals surface area contributed by atoms with Gasteiger partial charge in [-0.25, -0.2) is 9.78 Å². The van der Waals surface area contributed by atoms with Gasteiger partial charge in [-0.3, -0.25) is 9.55 Å². The number of rotatable bonds is 3. The summed E-state index contributed by atoms with van der Waals surface area (Å²) in [5.74, 6) is 0.649. The molecule has 0 radical (unpaired) electrons. The van der Waals surface area contributed by atoms with E-state index in [2.05, 4.69) is 20.3 Å². The first-order valence-corrected chi connectivity index (χ1v) is 8.19. The maximum atomic E-state index is 12.6. The monoisotopic (exact) mass is 353 g/mol. The predicted octanol–water partition coefficient (Wildman–Crippen LogP) is 3.71. The van der Waals surface area contributed by atoms with Crippen LogP contribution >= 0.6 is 11.6 Å². The van der Waals surface area contributed by atoms with Crippen LogP contribution in [-0.4, -0.2) is 26.6 Å². The quantitative estimate of drug-likeness (QED) is 0.525. The Kier molecular flexibility index (Phi) is 3.62. The number of hydrogen-bond acceptors (Lipinski definition) is 3. The number of aryl methyl sites for hydroxylation is 1. The molecule has 0 unspecified atom stereocenters. The fourth-order valence-electron chi connectivity index (χ4n) is 2.99. The van der Waals surface area contributed by atoms with Crippen LogP contribution in [0.25, 0.3) is 28.0 Å². The van der Waals surface area contributed by atoms with E-state index in [-0.39, 0.29) is 5.69 Å². The zero-order chi connectivity index (χ0) is 17.6. The average Bonchev–Trinajstić information content (AvgIpc) is 3.20. The molecule has 2 aromatic carbocycles. The fourth-order valence-corrected chi connectivity index (χ4v) is 3.11. The number of imidazole rings is 2. The largest absolute Gasteiger partial charge is 0.373 e. The molecule has 0 atom stereocenters. The van der Waals surface area contributed by atoms with Crippen LogP contribution in [0, 0.1) is 6.92 Å². The second-order valence-corrected chi connectivity index (χ2v) is 6.21. The second kappa shape index (κ2) is 5.82. The van der Waals surface area contributed by atoms with E-state index in [0.717, 1.165) is 33.5 Å². The Labute approximate surface area is 148 Å². The minimum absolute atomic E-state index is 0.217. The molecular weight excluding hydrogens is 338 g/mol. The maximum absolute atomic E-state index is 12.6. The third-order valence-electron chi connectivity index (χ3n) is 4.24. The molecule has 4 rings (SSSR count). The van der Waals surface area contributed by atoms with Crippen LogP contribution in [0.2, 0.25) is 5.02 Å². The Hall–Kier alpha value is -2.99. The highest BCUT2D eigenvalue weighted by molar-refractivity contribution is 6.31. The van der Waals surface area contributed by atoms with Crippen LogP contribution < -0.4 is 11.0 Å². The molecule has 25 heavy (non-hydrogen) atoms. The number of hydrogen-bond donors (Lipinski definition) is 3. The van der Waals surface area contributed by atoms with Crippen LogP contribution in [0.5, 0.6) is 0 Å². The Morgan fingerprint density at radius 1 is 1.20 bits per heavy atom. The van der Waals surface area contributed by atoms with Gasteiger partial charge in [-0.15, -0.1) is 0 Å². The molecule has 0 bridgehead atoms. The van der Waals surface area contributed by atoms with Gasteiger partial charge in [-0.05, 0) is 42.8 Å². The number of aromatic amines is 2. The zero-order valence-corrected chi connectivity index (χ0v) is 14.5. The molecule has 3 N–H and O–H groups in total. The van der Waals surface area contributed by atoms with E-state index in [0.29, 0.717) is 10.8 Å². The zero-order valence-electron chi connectivity index (χ0n) is 13.7. The highest BCUT2D eigenvalue weighted by Gasteiger charge is 2.17. The summed E-state index contributed by atoms with van der Waals surface area (Å²) < 4.78 is 1.65. The van der Waals surface area contributed by atoms with Crippen LogP contribution in [0.15, 0.2) is 47.5 Å². The Morgan fingerprint density at radius 3 is 2.80 bits per heavy atom. The van der Waals surface area contributed by atoms with Gasteiger partial charge in [0.05, 0.1) is 28.7 Å². The minimum atomic E-state index is -0.217. The summed E-state index contributed by atoms with van der Waals surface area (Å²) >= 11 is 6.15. The van der Waals surface area contributed by atoms with E-state index >= 15 is 0 Å². The smallest absolute Gasteiger partial charge is 0.332 e. The number of halogens is 1. The number of H-pyrrole nitrogens is 2. The molecule has 0 fully saturated rings. The van der Waals surface area contributed by atoms with E-state index in [1.165, 1.54) is 0 Å². The molecular formula is C18H16ClN5O. The average molecular weight is 354 g/mol. The van der Waals surface area contributed by atoms with Crippen molar-refractivity contribution in [1.82, 2.24) is 19.5 Å². The summed E-state index contributed by atoms with van der Waals surface area (Å²) in [6.45, 7) is 1.94. The first kappa shape index (κ1) is 15.5. The molecule has 2 heterocycles. The van der Waals surface area contributed by atoms with Crippen molar-refractivity contribution in [2.45, 2.75) is 6.92 Å². The van der Waals surface area contributed by atoms with Crippen molar-refractivity contribution in [3.05, 3.63) is 63.8 Å². The van der Waals surface area contributed by atoms with E-state index in [1.54, 1.807) is 17.9 Å². The van der Waals surface area contributed by atoms with Gasteiger partial charge in [0.25, 0.3) is 0 Å². The van der Waals surface area contributed by atoms with Crippen molar-refractivity contribution in [1.29, 1.82) is 0 Å². The third-order valence-corrected chi connectivity index (χ3v) is 4.66. The number of aromatic nitrogens is 4. The lowest BCUT2D eigenvalue weighted by molar-refractivity contribution is 0.994. The number of fused-ring (bicyclic) bond motifs is 1. The first-order valence-electron chi connectivity index (χ1n) is 7.81. The van der Waals surface area contributed by atoms with Gasteiger partial charge in [0, 0.05) is 17.6 Å². The van der Waals surface area contributed by atoms with Crippen LogP contribution in [0.3, 0.4) is 0 Å². The number of nitrogens with one attached hydrogen (secondary N) is 3. The third kappa shape index (κ3) is 2.51. The predicted molar refractivity (Wildman–Crippen MR) is 101 cm³/mol. The van der Waals surface area contributed by atoms with Crippen molar-refractivity contribution < 1.29 is 0 Å². The number of anilines is 1. The van der Waals surface area contributed by atoms with Crippen LogP contribution in [-0.2, 0) is 0 Å². The number of nitrogens with zero attached hydrogens (tertiary/aromatic N) is 2. The molecule has 0 aliphatic heterocycles. The lowest BCUT2D eigenvalue weighted by Crippen LogP contribution is -2.15. The van der Waals surface area contributed by atoms with E-state index in [9.17, 15) is 4.79 Å². The summed E-state index contributed by atoms with van der Waals surface area (Å²) in [6, 6.07) is 11.4. The topological polar surface area (TPSA) is 78.5 Å². The Balaban J connectivity index is 2.00. The van der Waals surface area contributed by atoms with Gasteiger partial charge in [0.1, 0.15) is 5.82 Å². The fraction of sp³-hybridized carbons (Fsp3) is 0.111. The molecule has 0 aliphatic carbocycles. The van der Waals surface area contributed by atoms with Crippen molar-refractivity contribution in [3.63, 3.8) is 0 Å². The standard InChI is InChI=1S/C18H16ClN5O/c1-10-7-11(3-5-13(10)19)16-17(20-2)23-18(25)24(16)12-4-6-14-15(8-12)22-9-21-14/h3-9,20H,1-2H3,(H,21,22)(H,23,25). The highest BCUT2D eigenvalue weighted by atomic mass is 35.5. The summed E-state index contributed by atoms with van der Waals surface area (Å²) in [4.78, 5) is 22.8. The van der Waals surface area contributed by atoms with Crippen LogP contribution in [0.1, 0.15) is 5.56 Å². The van der Waals surface area contributed by atoms with E-state index in [1.807, 2.05) is 43.3 Å². The molecule has 6 nitrogen and oxygen atoms in total. The lowest BCUT2D eigenvalue weighted by atomic mass is 10.1. The molecule has 0 aliphatic rings. The van der Waals surface area contributed by atoms with E-state index in [4.69, 9.17) is 11.6 Å².